The molecule has 4 nitrogen and oxygen atoms in total. The fourth-order valence-corrected chi connectivity index (χ4v) is 4.67. The zero-order valence-corrected chi connectivity index (χ0v) is 16.1. The maximum absolute atomic E-state index is 10.1. The first-order valence-corrected chi connectivity index (χ1v) is 10.1. The molecule has 1 aliphatic rings. The molecule has 3 unspecified atom stereocenters. The van der Waals surface area contributed by atoms with E-state index < -0.39 is 6.10 Å². The molecule has 2 heterocycles. The van der Waals surface area contributed by atoms with Gasteiger partial charge in [0.15, 0.2) is 0 Å². The van der Waals surface area contributed by atoms with Gasteiger partial charge in [0.1, 0.15) is 5.75 Å². The van der Waals surface area contributed by atoms with E-state index in [0.29, 0.717) is 12.8 Å². The van der Waals surface area contributed by atoms with E-state index in [1.54, 1.807) is 18.4 Å². The van der Waals surface area contributed by atoms with Crippen LogP contribution in [0.1, 0.15) is 35.6 Å². The Bertz CT molecular complexity index is 902. The number of hydrogen-bond donors (Lipinski definition) is 2. The number of hydrogen-bond acceptors (Lipinski definition) is 5. The standard InChI is InChI=1S/C22H24O4S/c1-25-18-5-2-14(3-6-18)8-16-13-27-22-7-4-15(9-20(16)22)21-11-17(24)10-19(12-23)26-21/h2-7,9,13,17,19,21,23-24H,8,10-12H2,1H3. The third kappa shape index (κ3) is 4.01. The van der Waals surface area contributed by atoms with Gasteiger partial charge >= 0.3 is 0 Å². The van der Waals surface area contributed by atoms with Gasteiger partial charge in [-0.1, -0.05) is 18.2 Å². The van der Waals surface area contributed by atoms with Crippen LogP contribution in [0.25, 0.3) is 10.1 Å². The van der Waals surface area contributed by atoms with E-state index in [0.717, 1.165) is 17.7 Å². The largest absolute Gasteiger partial charge is 0.497 e. The van der Waals surface area contributed by atoms with Crippen LogP contribution >= 0.6 is 11.3 Å². The molecular weight excluding hydrogens is 360 g/mol. The normalized spacial score (nSPS) is 22.9. The summed E-state index contributed by atoms with van der Waals surface area (Å²) in [5.41, 5.74) is 3.59. The minimum absolute atomic E-state index is 0.0586. The van der Waals surface area contributed by atoms with Gasteiger partial charge in [0.05, 0.1) is 32.0 Å². The molecule has 0 saturated carbocycles. The predicted octanol–water partition coefficient (Wildman–Crippen LogP) is 4.07. The Morgan fingerprint density at radius 2 is 1.96 bits per heavy atom. The predicted molar refractivity (Wildman–Crippen MR) is 108 cm³/mol. The summed E-state index contributed by atoms with van der Waals surface area (Å²) in [6.07, 6.45) is 1.02. The molecule has 0 bridgehead atoms. The highest BCUT2D eigenvalue weighted by Crippen LogP contribution is 2.35. The molecule has 5 heteroatoms. The Morgan fingerprint density at radius 3 is 2.70 bits per heavy atom. The summed E-state index contributed by atoms with van der Waals surface area (Å²) in [5.74, 6) is 0.864. The van der Waals surface area contributed by atoms with E-state index in [1.165, 1.54) is 21.2 Å². The third-order valence-electron chi connectivity index (χ3n) is 5.18. The molecule has 2 aromatic carbocycles. The lowest BCUT2D eigenvalue weighted by Gasteiger charge is -2.32. The van der Waals surface area contributed by atoms with E-state index in [4.69, 9.17) is 9.47 Å². The highest BCUT2D eigenvalue weighted by molar-refractivity contribution is 7.17. The second-order valence-corrected chi connectivity index (χ2v) is 8.01. The molecule has 27 heavy (non-hydrogen) atoms. The number of ether oxygens (including phenoxy) is 2. The molecule has 0 radical (unpaired) electrons. The number of aliphatic hydroxyl groups is 2. The van der Waals surface area contributed by atoms with Crippen molar-refractivity contribution in [1.29, 1.82) is 0 Å². The molecule has 1 aliphatic heterocycles. The average Bonchev–Trinajstić information content (AvgIpc) is 3.10. The van der Waals surface area contributed by atoms with Crippen molar-refractivity contribution in [2.75, 3.05) is 13.7 Å². The highest BCUT2D eigenvalue weighted by atomic mass is 32.1. The van der Waals surface area contributed by atoms with Gasteiger partial charge in [-0.25, -0.2) is 0 Å². The van der Waals surface area contributed by atoms with Gasteiger partial charge in [0, 0.05) is 17.5 Å². The smallest absolute Gasteiger partial charge is 0.118 e. The van der Waals surface area contributed by atoms with Crippen LogP contribution in [-0.2, 0) is 11.2 Å². The Kier molecular flexibility index (Phi) is 5.45. The van der Waals surface area contributed by atoms with Crippen LogP contribution in [0.2, 0.25) is 0 Å². The lowest BCUT2D eigenvalue weighted by molar-refractivity contribution is -0.113. The van der Waals surface area contributed by atoms with Crippen LogP contribution < -0.4 is 4.74 Å². The molecule has 3 aromatic rings. The van der Waals surface area contributed by atoms with Crippen molar-refractivity contribution in [2.45, 2.75) is 37.6 Å². The van der Waals surface area contributed by atoms with Gasteiger partial charge in [-0.15, -0.1) is 11.3 Å². The summed E-state index contributed by atoms with van der Waals surface area (Å²) in [6, 6.07) is 14.6. The zero-order chi connectivity index (χ0) is 18.8. The van der Waals surface area contributed by atoms with Gasteiger partial charge in [-0.2, -0.15) is 0 Å². The third-order valence-corrected chi connectivity index (χ3v) is 6.20. The van der Waals surface area contributed by atoms with Crippen LogP contribution in [0.15, 0.2) is 47.8 Å². The van der Waals surface area contributed by atoms with Crippen LogP contribution in [0.3, 0.4) is 0 Å². The molecule has 3 atom stereocenters. The molecular formula is C22H24O4S. The van der Waals surface area contributed by atoms with E-state index in [9.17, 15) is 10.2 Å². The lowest BCUT2D eigenvalue weighted by Crippen LogP contribution is -2.33. The Hall–Kier alpha value is -1.92. The van der Waals surface area contributed by atoms with Crippen LogP contribution in [0.4, 0.5) is 0 Å². The minimum atomic E-state index is -0.433. The van der Waals surface area contributed by atoms with Crippen LogP contribution in [0.5, 0.6) is 5.75 Å². The number of benzene rings is 2. The van der Waals surface area contributed by atoms with Gasteiger partial charge < -0.3 is 19.7 Å². The van der Waals surface area contributed by atoms with E-state index in [2.05, 4.69) is 35.7 Å². The SMILES string of the molecule is COc1ccc(Cc2csc3ccc(C4CC(O)CC(CO)O4)cc23)cc1. The van der Waals surface area contributed by atoms with Crippen molar-refractivity contribution in [2.24, 2.45) is 0 Å². The van der Waals surface area contributed by atoms with E-state index in [-0.39, 0.29) is 18.8 Å². The maximum atomic E-state index is 10.1. The minimum Gasteiger partial charge on any atom is -0.497 e. The summed E-state index contributed by atoms with van der Waals surface area (Å²) in [5, 5.41) is 23.0. The summed E-state index contributed by atoms with van der Waals surface area (Å²) >= 11 is 1.75. The molecule has 1 aromatic heterocycles. The summed E-state index contributed by atoms with van der Waals surface area (Å²) in [4.78, 5) is 0. The van der Waals surface area contributed by atoms with E-state index in [1.807, 2.05) is 12.1 Å². The summed E-state index contributed by atoms with van der Waals surface area (Å²) in [6.45, 7) is -0.0586. The highest BCUT2D eigenvalue weighted by Gasteiger charge is 2.29. The first-order chi connectivity index (χ1) is 13.2. The van der Waals surface area contributed by atoms with Crippen LogP contribution in [0, 0.1) is 0 Å². The Labute approximate surface area is 163 Å². The molecule has 1 saturated heterocycles. The zero-order valence-electron chi connectivity index (χ0n) is 15.3. The fraction of sp³-hybridized carbons (Fsp3) is 0.364. The number of methoxy groups -OCH3 is 1. The van der Waals surface area contributed by atoms with Gasteiger partial charge in [0.2, 0.25) is 0 Å². The first-order valence-electron chi connectivity index (χ1n) is 9.23. The first kappa shape index (κ1) is 18.4. The number of thiophene rings is 1. The van der Waals surface area contributed by atoms with Gasteiger partial charge in [-0.05, 0) is 58.1 Å². The average molecular weight is 384 g/mol. The molecule has 0 amide bonds. The van der Waals surface area contributed by atoms with Crippen molar-refractivity contribution in [3.8, 4) is 5.75 Å². The molecule has 2 N–H and O–H groups in total. The number of rotatable bonds is 5. The quantitative estimate of drug-likeness (QED) is 0.696. The van der Waals surface area contributed by atoms with E-state index >= 15 is 0 Å². The van der Waals surface area contributed by atoms with Crippen LogP contribution in [-0.4, -0.2) is 36.1 Å². The second-order valence-electron chi connectivity index (χ2n) is 7.10. The van der Waals surface area contributed by atoms with Crippen molar-refractivity contribution in [3.63, 3.8) is 0 Å². The second kappa shape index (κ2) is 7.98. The van der Waals surface area contributed by atoms with Crippen molar-refractivity contribution >= 4 is 21.4 Å². The lowest BCUT2D eigenvalue weighted by atomic mass is 9.94. The van der Waals surface area contributed by atoms with Crippen molar-refractivity contribution < 1.29 is 19.7 Å². The molecule has 1 fully saturated rings. The van der Waals surface area contributed by atoms with Crippen molar-refractivity contribution in [1.82, 2.24) is 0 Å². The Morgan fingerprint density at radius 1 is 1.15 bits per heavy atom. The maximum Gasteiger partial charge on any atom is 0.118 e. The molecule has 4 rings (SSSR count). The molecule has 0 spiro atoms. The Balaban J connectivity index is 1.60. The van der Waals surface area contributed by atoms with Gasteiger partial charge in [0.25, 0.3) is 0 Å². The number of aliphatic hydroxyl groups excluding tert-OH is 2. The topological polar surface area (TPSA) is 58.9 Å². The van der Waals surface area contributed by atoms with Gasteiger partial charge in [-0.3, -0.25) is 0 Å². The summed E-state index contributed by atoms with van der Waals surface area (Å²) < 4.78 is 12.5. The molecule has 0 aliphatic carbocycles. The molecule has 142 valence electrons. The monoisotopic (exact) mass is 384 g/mol. The van der Waals surface area contributed by atoms with Crippen molar-refractivity contribution in [3.05, 3.63) is 64.5 Å². The fourth-order valence-electron chi connectivity index (χ4n) is 3.72. The number of fused-ring (bicyclic) bond motifs is 1. The summed E-state index contributed by atoms with van der Waals surface area (Å²) in [7, 11) is 1.68.